The summed E-state index contributed by atoms with van der Waals surface area (Å²) in [5.74, 6) is 2.22. The van der Waals surface area contributed by atoms with E-state index in [1.54, 1.807) is 13.2 Å². The lowest BCUT2D eigenvalue weighted by Crippen LogP contribution is -2.51. The van der Waals surface area contributed by atoms with Crippen LogP contribution >= 0.6 is 0 Å². The molecule has 1 aromatic carbocycles. The zero-order valence-corrected chi connectivity index (χ0v) is 10.9. The number of ether oxygens (including phenoxy) is 1. The minimum Gasteiger partial charge on any atom is -0.497 e. The standard InChI is InChI=1S/C15H17NO3/c1-3-9-16-15(14(17)18)8-4-5-11-6-7-12(19-2)10-13(11)15/h1,6-7,10,16H,4-5,8-9H2,2H3,(H,17,18). The number of nitrogens with one attached hydrogen (secondary N) is 1. The maximum absolute atomic E-state index is 11.8. The van der Waals surface area contributed by atoms with Gasteiger partial charge < -0.3 is 9.84 Å². The van der Waals surface area contributed by atoms with Crippen LogP contribution in [0.25, 0.3) is 0 Å². The smallest absolute Gasteiger partial charge is 0.328 e. The molecule has 19 heavy (non-hydrogen) atoms. The Bertz CT molecular complexity index is 533. The Morgan fingerprint density at radius 2 is 2.42 bits per heavy atom. The van der Waals surface area contributed by atoms with Crippen molar-refractivity contribution in [3.8, 4) is 18.1 Å². The lowest BCUT2D eigenvalue weighted by atomic mass is 9.76. The summed E-state index contributed by atoms with van der Waals surface area (Å²) >= 11 is 0. The zero-order chi connectivity index (χ0) is 13.9. The highest BCUT2D eigenvalue weighted by atomic mass is 16.5. The maximum Gasteiger partial charge on any atom is 0.328 e. The van der Waals surface area contributed by atoms with Gasteiger partial charge in [-0.05, 0) is 42.5 Å². The summed E-state index contributed by atoms with van der Waals surface area (Å²) in [6.45, 7) is 0.225. The highest BCUT2D eigenvalue weighted by molar-refractivity contribution is 5.82. The van der Waals surface area contributed by atoms with Crippen molar-refractivity contribution >= 4 is 5.97 Å². The van der Waals surface area contributed by atoms with E-state index in [9.17, 15) is 9.90 Å². The van der Waals surface area contributed by atoms with E-state index < -0.39 is 11.5 Å². The quantitative estimate of drug-likeness (QED) is 0.805. The number of aryl methyl sites for hydroxylation is 1. The molecule has 1 unspecified atom stereocenters. The van der Waals surface area contributed by atoms with Crippen molar-refractivity contribution in [2.75, 3.05) is 13.7 Å². The molecule has 1 aliphatic carbocycles. The molecule has 0 spiro atoms. The van der Waals surface area contributed by atoms with E-state index >= 15 is 0 Å². The van der Waals surface area contributed by atoms with Gasteiger partial charge in [0.2, 0.25) is 0 Å². The molecule has 0 aromatic heterocycles. The Kier molecular flexibility index (Phi) is 3.77. The molecule has 100 valence electrons. The fraction of sp³-hybridized carbons (Fsp3) is 0.400. The molecule has 0 aliphatic heterocycles. The molecule has 0 heterocycles. The molecule has 0 saturated carbocycles. The van der Waals surface area contributed by atoms with Crippen LogP contribution in [-0.4, -0.2) is 24.7 Å². The Labute approximate surface area is 112 Å². The van der Waals surface area contributed by atoms with Crippen molar-refractivity contribution in [2.45, 2.75) is 24.8 Å². The molecule has 4 heteroatoms. The topological polar surface area (TPSA) is 58.6 Å². The number of hydrogen-bond donors (Lipinski definition) is 2. The van der Waals surface area contributed by atoms with Crippen LogP contribution in [0.15, 0.2) is 18.2 Å². The first kappa shape index (κ1) is 13.4. The SMILES string of the molecule is C#CCNC1(C(=O)O)CCCc2ccc(OC)cc21. The highest BCUT2D eigenvalue weighted by Crippen LogP contribution is 2.37. The molecule has 1 atom stereocenters. The van der Waals surface area contributed by atoms with Gasteiger partial charge in [-0.15, -0.1) is 6.42 Å². The van der Waals surface area contributed by atoms with Crippen LogP contribution in [0.4, 0.5) is 0 Å². The molecule has 0 saturated heterocycles. The van der Waals surface area contributed by atoms with Crippen molar-refractivity contribution in [1.82, 2.24) is 5.32 Å². The zero-order valence-electron chi connectivity index (χ0n) is 10.9. The molecular weight excluding hydrogens is 242 g/mol. The van der Waals surface area contributed by atoms with Crippen molar-refractivity contribution in [2.24, 2.45) is 0 Å². The summed E-state index contributed by atoms with van der Waals surface area (Å²) in [5, 5.41) is 12.7. The number of methoxy groups -OCH3 is 1. The maximum atomic E-state index is 11.8. The van der Waals surface area contributed by atoms with Gasteiger partial charge in [0.15, 0.2) is 0 Å². The predicted octanol–water partition coefficient (Wildman–Crippen LogP) is 1.53. The van der Waals surface area contributed by atoms with Crippen molar-refractivity contribution in [3.05, 3.63) is 29.3 Å². The summed E-state index contributed by atoms with van der Waals surface area (Å²) in [4.78, 5) is 11.8. The van der Waals surface area contributed by atoms with Gasteiger partial charge in [0.1, 0.15) is 11.3 Å². The summed E-state index contributed by atoms with van der Waals surface area (Å²) in [5.41, 5.74) is 0.703. The van der Waals surface area contributed by atoms with Crippen LogP contribution in [0.2, 0.25) is 0 Å². The molecule has 0 radical (unpaired) electrons. The van der Waals surface area contributed by atoms with Gasteiger partial charge in [-0.3, -0.25) is 5.32 Å². The van der Waals surface area contributed by atoms with Gasteiger partial charge in [0.25, 0.3) is 0 Å². The first-order valence-electron chi connectivity index (χ1n) is 6.23. The Morgan fingerprint density at radius 1 is 1.63 bits per heavy atom. The number of hydrogen-bond acceptors (Lipinski definition) is 3. The van der Waals surface area contributed by atoms with E-state index in [0.717, 1.165) is 24.0 Å². The van der Waals surface area contributed by atoms with Crippen LogP contribution in [-0.2, 0) is 16.8 Å². The van der Waals surface area contributed by atoms with Crippen LogP contribution in [0.3, 0.4) is 0 Å². The Balaban J connectivity index is 2.53. The van der Waals surface area contributed by atoms with Crippen LogP contribution in [0, 0.1) is 12.3 Å². The summed E-state index contributed by atoms with van der Waals surface area (Å²) in [6, 6.07) is 5.59. The van der Waals surface area contributed by atoms with Crippen LogP contribution in [0.5, 0.6) is 5.75 Å². The molecule has 1 aliphatic rings. The van der Waals surface area contributed by atoms with E-state index in [1.165, 1.54) is 0 Å². The third-order valence-electron chi connectivity index (χ3n) is 3.63. The second-order valence-electron chi connectivity index (χ2n) is 4.64. The average molecular weight is 259 g/mol. The normalized spacial score (nSPS) is 21.3. The third kappa shape index (κ3) is 2.29. The first-order valence-corrected chi connectivity index (χ1v) is 6.23. The minimum atomic E-state index is -1.10. The molecule has 2 N–H and O–H groups in total. The van der Waals surface area contributed by atoms with E-state index in [-0.39, 0.29) is 6.54 Å². The van der Waals surface area contributed by atoms with Crippen molar-refractivity contribution in [3.63, 3.8) is 0 Å². The fourth-order valence-electron chi connectivity index (χ4n) is 2.66. The van der Waals surface area contributed by atoms with Gasteiger partial charge in [0.05, 0.1) is 13.7 Å². The van der Waals surface area contributed by atoms with E-state index in [2.05, 4.69) is 11.2 Å². The van der Waals surface area contributed by atoms with Gasteiger partial charge in [0, 0.05) is 0 Å². The molecule has 4 nitrogen and oxygen atoms in total. The second-order valence-corrected chi connectivity index (χ2v) is 4.64. The fourth-order valence-corrected chi connectivity index (χ4v) is 2.66. The summed E-state index contributed by atoms with van der Waals surface area (Å²) in [7, 11) is 1.57. The Hall–Kier alpha value is -1.99. The van der Waals surface area contributed by atoms with Gasteiger partial charge in [-0.25, -0.2) is 4.79 Å². The van der Waals surface area contributed by atoms with E-state index in [0.29, 0.717) is 12.2 Å². The monoisotopic (exact) mass is 259 g/mol. The number of terminal acetylenes is 1. The molecule has 0 fully saturated rings. The summed E-state index contributed by atoms with van der Waals surface area (Å²) in [6.07, 6.45) is 7.49. The summed E-state index contributed by atoms with van der Waals surface area (Å²) < 4.78 is 5.20. The van der Waals surface area contributed by atoms with Gasteiger partial charge >= 0.3 is 5.97 Å². The predicted molar refractivity (Wildman–Crippen MR) is 72.1 cm³/mol. The van der Waals surface area contributed by atoms with Gasteiger partial charge in [-0.1, -0.05) is 12.0 Å². The second kappa shape index (κ2) is 5.33. The molecule has 1 aromatic rings. The highest BCUT2D eigenvalue weighted by Gasteiger charge is 2.43. The molecule has 0 amide bonds. The minimum absolute atomic E-state index is 0.225. The van der Waals surface area contributed by atoms with E-state index in [1.807, 2.05) is 12.1 Å². The van der Waals surface area contributed by atoms with Crippen molar-refractivity contribution in [1.29, 1.82) is 0 Å². The first-order chi connectivity index (χ1) is 9.14. The number of benzene rings is 1. The van der Waals surface area contributed by atoms with E-state index in [4.69, 9.17) is 11.2 Å². The van der Waals surface area contributed by atoms with Crippen LogP contribution in [0.1, 0.15) is 24.0 Å². The lowest BCUT2D eigenvalue weighted by Gasteiger charge is -2.36. The number of aliphatic carboxylic acids is 1. The number of carboxylic acids is 1. The lowest BCUT2D eigenvalue weighted by molar-refractivity contribution is -0.146. The van der Waals surface area contributed by atoms with Crippen LogP contribution < -0.4 is 10.1 Å². The molecule has 0 bridgehead atoms. The third-order valence-corrected chi connectivity index (χ3v) is 3.63. The average Bonchev–Trinajstić information content (AvgIpc) is 2.44. The molecular formula is C15H17NO3. The number of fused-ring (bicyclic) bond motifs is 1. The number of carbonyl (C=O) groups is 1. The number of rotatable bonds is 4. The largest absolute Gasteiger partial charge is 0.497 e. The molecule has 2 rings (SSSR count). The van der Waals surface area contributed by atoms with Gasteiger partial charge in [-0.2, -0.15) is 0 Å². The van der Waals surface area contributed by atoms with Crippen molar-refractivity contribution < 1.29 is 14.6 Å². The number of carboxylic acid groups (broad SMARTS) is 1. The Morgan fingerprint density at radius 3 is 3.05 bits per heavy atom.